The van der Waals surface area contributed by atoms with Gasteiger partial charge in [-0.05, 0) is 31.0 Å². The Morgan fingerprint density at radius 1 is 1.35 bits per heavy atom. The van der Waals surface area contributed by atoms with Crippen LogP contribution in [0.4, 0.5) is 5.69 Å². The highest BCUT2D eigenvalue weighted by Crippen LogP contribution is 2.19. The molecule has 1 rings (SSSR count). The Morgan fingerprint density at radius 3 is 2.71 bits per heavy atom. The Balaban J connectivity index is 2.39. The summed E-state index contributed by atoms with van der Waals surface area (Å²) < 4.78 is 9.97. The number of benzene rings is 1. The van der Waals surface area contributed by atoms with E-state index in [0.717, 1.165) is 12.8 Å². The fourth-order valence-electron chi connectivity index (χ4n) is 1.27. The molecule has 0 saturated heterocycles. The molecule has 0 atom stereocenters. The minimum absolute atomic E-state index is 0.375. The molecule has 0 fully saturated rings. The van der Waals surface area contributed by atoms with Gasteiger partial charge in [0.1, 0.15) is 0 Å². The maximum atomic E-state index is 11.6. The van der Waals surface area contributed by atoms with Gasteiger partial charge in [-0.25, -0.2) is 4.79 Å². The molecule has 0 unspecified atom stereocenters. The lowest BCUT2D eigenvalue weighted by Crippen LogP contribution is -2.07. The monoisotopic (exact) mass is 257 g/mol. The lowest BCUT2D eigenvalue weighted by atomic mass is 10.2. The maximum absolute atomic E-state index is 11.6. The van der Waals surface area contributed by atoms with Gasteiger partial charge in [0, 0.05) is 13.7 Å². The zero-order chi connectivity index (χ0) is 12.7. The molecule has 0 aliphatic carbocycles. The molecule has 0 spiro atoms. The number of nitrogens with two attached hydrogens (primary N) is 1. The number of rotatable bonds is 6. The number of carbonyl (C=O) groups is 1. The lowest BCUT2D eigenvalue weighted by Gasteiger charge is -2.05. The zero-order valence-corrected chi connectivity index (χ0v) is 10.5. The first-order chi connectivity index (χ1) is 8.15. The van der Waals surface area contributed by atoms with Crippen LogP contribution in [0, 0.1) is 0 Å². The smallest absolute Gasteiger partial charge is 0.338 e. The summed E-state index contributed by atoms with van der Waals surface area (Å²) in [5, 5.41) is 0.432. The Hall–Kier alpha value is -1.26. The number of anilines is 1. The van der Waals surface area contributed by atoms with E-state index in [2.05, 4.69) is 0 Å². The van der Waals surface area contributed by atoms with Crippen molar-refractivity contribution in [2.24, 2.45) is 0 Å². The van der Waals surface area contributed by atoms with Crippen LogP contribution in [0.3, 0.4) is 0 Å². The minimum Gasteiger partial charge on any atom is -0.462 e. The van der Waals surface area contributed by atoms with E-state index >= 15 is 0 Å². The first kappa shape index (κ1) is 13.8. The molecular weight excluding hydrogens is 242 g/mol. The molecule has 17 heavy (non-hydrogen) atoms. The Bertz CT molecular complexity index is 382. The van der Waals surface area contributed by atoms with Crippen LogP contribution in [-0.2, 0) is 9.47 Å². The van der Waals surface area contributed by atoms with E-state index in [-0.39, 0.29) is 5.97 Å². The van der Waals surface area contributed by atoms with Gasteiger partial charge in [-0.3, -0.25) is 0 Å². The van der Waals surface area contributed by atoms with Crippen LogP contribution in [0.2, 0.25) is 5.02 Å². The van der Waals surface area contributed by atoms with E-state index in [1.165, 1.54) is 6.07 Å². The second-order valence-corrected chi connectivity index (χ2v) is 3.98. The summed E-state index contributed by atoms with van der Waals surface area (Å²) in [7, 11) is 1.64. The van der Waals surface area contributed by atoms with Crippen LogP contribution < -0.4 is 5.73 Å². The van der Waals surface area contributed by atoms with Crippen molar-refractivity contribution in [2.45, 2.75) is 12.8 Å². The average molecular weight is 258 g/mol. The van der Waals surface area contributed by atoms with E-state index in [0.29, 0.717) is 29.5 Å². The van der Waals surface area contributed by atoms with E-state index in [9.17, 15) is 4.79 Å². The molecule has 94 valence electrons. The largest absolute Gasteiger partial charge is 0.462 e. The van der Waals surface area contributed by atoms with Gasteiger partial charge in [-0.2, -0.15) is 0 Å². The van der Waals surface area contributed by atoms with E-state index in [1.807, 2.05) is 0 Å². The van der Waals surface area contributed by atoms with Gasteiger partial charge in [0.05, 0.1) is 22.9 Å². The molecule has 1 aromatic carbocycles. The number of hydrogen-bond donors (Lipinski definition) is 1. The molecule has 0 radical (unpaired) electrons. The maximum Gasteiger partial charge on any atom is 0.338 e. The van der Waals surface area contributed by atoms with Crippen molar-refractivity contribution in [3.05, 3.63) is 28.8 Å². The van der Waals surface area contributed by atoms with E-state index < -0.39 is 0 Å². The molecule has 5 heteroatoms. The third-order valence-corrected chi connectivity index (χ3v) is 2.55. The van der Waals surface area contributed by atoms with Crippen molar-refractivity contribution in [2.75, 3.05) is 26.1 Å². The summed E-state index contributed by atoms with van der Waals surface area (Å²) >= 11 is 5.76. The second-order valence-electron chi connectivity index (χ2n) is 3.57. The number of hydrogen-bond acceptors (Lipinski definition) is 4. The molecule has 1 aromatic rings. The number of nitrogen functional groups attached to an aromatic ring is 1. The molecule has 0 aliphatic heterocycles. The average Bonchev–Trinajstić information content (AvgIpc) is 2.32. The Kier molecular flexibility index (Phi) is 5.80. The van der Waals surface area contributed by atoms with Crippen molar-refractivity contribution in [1.29, 1.82) is 0 Å². The molecule has 0 amide bonds. The first-order valence-corrected chi connectivity index (χ1v) is 5.74. The standard InChI is InChI=1S/C12H16ClNO3/c1-16-6-2-3-7-17-12(15)9-4-5-10(13)11(14)8-9/h4-5,8H,2-3,6-7,14H2,1H3. The predicted octanol–water partition coefficient (Wildman–Crippen LogP) is 2.51. The van der Waals surface area contributed by atoms with Crippen molar-refractivity contribution in [3.8, 4) is 0 Å². The number of unbranched alkanes of at least 4 members (excludes halogenated alkanes) is 1. The summed E-state index contributed by atoms with van der Waals surface area (Å²) in [6.07, 6.45) is 1.65. The van der Waals surface area contributed by atoms with Gasteiger partial charge >= 0.3 is 5.97 Å². The molecule has 0 heterocycles. The topological polar surface area (TPSA) is 61.5 Å². The molecule has 0 aromatic heterocycles. The zero-order valence-electron chi connectivity index (χ0n) is 9.74. The number of carbonyl (C=O) groups excluding carboxylic acids is 1. The Morgan fingerprint density at radius 2 is 2.06 bits per heavy atom. The molecule has 2 N–H and O–H groups in total. The Labute approximate surface area is 106 Å². The van der Waals surface area contributed by atoms with E-state index in [4.69, 9.17) is 26.8 Å². The lowest BCUT2D eigenvalue weighted by molar-refractivity contribution is 0.0489. The van der Waals surface area contributed by atoms with Crippen LogP contribution >= 0.6 is 11.6 Å². The number of methoxy groups -OCH3 is 1. The van der Waals surface area contributed by atoms with Gasteiger partial charge < -0.3 is 15.2 Å². The van der Waals surface area contributed by atoms with Gasteiger partial charge in [0.25, 0.3) is 0 Å². The summed E-state index contributed by atoms with van der Waals surface area (Å²) in [4.78, 5) is 11.6. The highest BCUT2D eigenvalue weighted by Gasteiger charge is 2.08. The molecule has 0 saturated carbocycles. The van der Waals surface area contributed by atoms with Crippen molar-refractivity contribution in [1.82, 2.24) is 0 Å². The number of halogens is 1. The third kappa shape index (κ3) is 4.63. The fraction of sp³-hybridized carbons (Fsp3) is 0.417. The van der Waals surface area contributed by atoms with Gasteiger partial charge in [0.2, 0.25) is 0 Å². The summed E-state index contributed by atoms with van der Waals surface area (Å²) in [5.74, 6) is -0.384. The van der Waals surface area contributed by atoms with Gasteiger partial charge in [-0.1, -0.05) is 11.6 Å². The highest BCUT2D eigenvalue weighted by molar-refractivity contribution is 6.33. The fourth-order valence-corrected chi connectivity index (χ4v) is 1.38. The predicted molar refractivity (Wildman–Crippen MR) is 67.3 cm³/mol. The molecule has 0 bridgehead atoms. The molecule has 4 nitrogen and oxygen atoms in total. The first-order valence-electron chi connectivity index (χ1n) is 5.36. The summed E-state index contributed by atoms with van der Waals surface area (Å²) in [5.41, 5.74) is 6.39. The SMILES string of the molecule is COCCCCOC(=O)c1ccc(Cl)c(N)c1. The van der Waals surface area contributed by atoms with Crippen LogP contribution in [0.5, 0.6) is 0 Å². The highest BCUT2D eigenvalue weighted by atomic mass is 35.5. The summed E-state index contributed by atoms with van der Waals surface area (Å²) in [6, 6.07) is 4.69. The van der Waals surface area contributed by atoms with Crippen LogP contribution in [0.1, 0.15) is 23.2 Å². The molecule has 0 aliphatic rings. The van der Waals surface area contributed by atoms with Crippen molar-refractivity contribution >= 4 is 23.3 Å². The molecular formula is C12H16ClNO3. The quantitative estimate of drug-likeness (QED) is 0.483. The normalized spacial score (nSPS) is 10.2. The van der Waals surface area contributed by atoms with Crippen LogP contribution in [0.15, 0.2) is 18.2 Å². The number of ether oxygens (including phenoxy) is 2. The minimum atomic E-state index is -0.384. The van der Waals surface area contributed by atoms with Crippen molar-refractivity contribution in [3.63, 3.8) is 0 Å². The third-order valence-electron chi connectivity index (χ3n) is 2.21. The van der Waals surface area contributed by atoms with Gasteiger partial charge in [0.15, 0.2) is 0 Å². The second kappa shape index (κ2) is 7.14. The van der Waals surface area contributed by atoms with Crippen LogP contribution in [-0.4, -0.2) is 26.3 Å². The van der Waals surface area contributed by atoms with Gasteiger partial charge in [-0.15, -0.1) is 0 Å². The summed E-state index contributed by atoms with van der Waals surface area (Å²) in [6.45, 7) is 1.05. The van der Waals surface area contributed by atoms with Crippen LogP contribution in [0.25, 0.3) is 0 Å². The van der Waals surface area contributed by atoms with E-state index in [1.54, 1.807) is 19.2 Å². The van der Waals surface area contributed by atoms with Crippen molar-refractivity contribution < 1.29 is 14.3 Å². The number of esters is 1.